The highest BCUT2D eigenvalue weighted by atomic mass is 16.5. The van der Waals surface area contributed by atoms with Crippen LogP contribution < -0.4 is 4.74 Å². The summed E-state index contributed by atoms with van der Waals surface area (Å²) in [5, 5.41) is 0. The molecule has 0 aliphatic heterocycles. The molecule has 0 atom stereocenters. The predicted octanol–water partition coefficient (Wildman–Crippen LogP) is 3.99. The highest BCUT2D eigenvalue weighted by Crippen LogP contribution is 2.30. The third-order valence-corrected chi connectivity index (χ3v) is 3.00. The molecule has 1 nitrogen and oxygen atoms in total. The average Bonchev–Trinajstić information content (AvgIpc) is 2.39. The van der Waals surface area contributed by atoms with E-state index in [1.807, 2.05) is 18.2 Å². The van der Waals surface area contributed by atoms with Gasteiger partial charge in [0.25, 0.3) is 0 Å². The van der Waals surface area contributed by atoms with Gasteiger partial charge in [0.15, 0.2) is 0 Å². The van der Waals surface area contributed by atoms with E-state index in [0.717, 1.165) is 11.3 Å². The smallest absolute Gasteiger partial charge is 0.122 e. The van der Waals surface area contributed by atoms with Crippen LogP contribution in [0.15, 0.2) is 48.5 Å². The van der Waals surface area contributed by atoms with Crippen LogP contribution in [0.2, 0.25) is 0 Å². The zero-order valence-corrected chi connectivity index (χ0v) is 10.5. The van der Waals surface area contributed by atoms with E-state index in [9.17, 15) is 0 Å². The van der Waals surface area contributed by atoms with Gasteiger partial charge in [-0.05, 0) is 18.6 Å². The minimum absolute atomic E-state index is 0.922. The number of ether oxygens (including phenoxy) is 1. The number of rotatable bonds is 3. The van der Waals surface area contributed by atoms with Gasteiger partial charge in [-0.2, -0.15) is 0 Å². The maximum absolute atomic E-state index is 5.39. The van der Waals surface area contributed by atoms with Crippen molar-refractivity contribution in [3.63, 3.8) is 0 Å². The molecule has 1 radical (unpaired) electrons. The summed E-state index contributed by atoms with van der Waals surface area (Å²) in [4.78, 5) is 0. The number of para-hydroxylation sites is 1. The quantitative estimate of drug-likeness (QED) is 0.767. The van der Waals surface area contributed by atoms with Gasteiger partial charge in [-0.3, -0.25) is 0 Å². The molecule has 87 valence electrons. The number of methoxy groups -OCH3 is 1. The Morgan fingerprint density at radius 2 is 1.59 bits per heavy atom. The molecule has 0 saturated carbocycles. The lowest BCUT2D eigenvalue weighted by molar-refractivity contribution is 0.411. The first kappa shape index (κ1) is 11.7. The Hall–Kier alpha value is -1.76. The maximum Gasteiger partial charge on any atom is 0.122 e. The van der Waals surface area contributed by atoms with E-state index in [-0.39, 0.29) is 0 Å². The Morgan fingerprint density at radius 1 is 0.941 bits per heavy atom. The molecule has 17 heavy (non-hydrogen) atoms. The summed E-state index contributed by atoms with van der Waals surface area (Å²) in [6.45, 7) is 4.23. The van der Waals surface area contributed by atoms with E-state index in [1.54, 1.807) is 7.11 Å². The Labute approximate surface area is 103 Å². The summed E-state index contributed by atoms with van der Waals surface area (Å²) < 4.78 is 5.39. The lowest BCUT2D eigenvalue weighted by Gasteiger charge is -2.15. The Bertz CT molecular complexity index is 485. The van der Waals surface area contributed by atoms with E-state index in [0.29, 0.717) is 0 Å². The molecule has 2 rings (SSSR count). The maximum atomic E-state index is 5.39. The van der Waals surface area contributed by atoms with Crippen molar-refractivity contribution in [2.45, 2.75) is 13.8 Å². The van der Waals surface area contributed by atoms with Gasteiger partial charge in [0, 0.05) is 11.5 Å². The normalized spacial score (nSPS) is 10.6. The van der Waals surface area contributed by atoms with Crippen molar-refractivity contribution < 1.29 is 4.74 Å². The van der Waals surface area contributed by atoms with Crippen molar-refractivity contribution in [2.24, 2.45) is 0 Å². The molecule has 0 aliphatic rings. The van der Waals surface area contributed by atoms with Crippen LogP contribution in [0.25, 0.3) is 0 Å². The van der Waals surface area contributed by atoms with Crippen LogP contribution in [-0.2, 0) is 0 Å². The van der Waals surface area contributed by atoms with Gasteiger partial charge in [0.05, 0.1) is 7.11 Å². The van der Waals surface area contributed by atoms with E-state index in [4.69, 9.17) is 4.74 Å². The molecule has 0 heterocycles. The van der Waals surface area contributed by atoms with Gasteiger partial charge >= 0.3 is 0 Å². The fraction of sp³-hybridized carbons (Fsp3) is 0.188. The fourth-order valence-electron chi connectivity index (χ4n) is 1.91. The lowest BCUT2D eigenvalue weighted by atomic mass is 9.92. The molecule has 0 bridgehead atoms. The minimum atomic E-state index is 0.922. The molecule has 0 N–H and O–H groups in total. The molecular weight excluding hydrogens is 208 g/mol. The molecular formula is C16H17O. The summed E-state index contributed by atoms with van der Waals surface area (Å²) in [5.74, 6) is 2.16. The highest BCUT2D eigenvalue weighted by Gasteiger charge is 2.13. The third-order valence-electron chi connectivity index (χ3n) is 3.00. The van der Waals surface area contributed by atoms with Crippen LogP contribution in [-0.4, -0.2) is 7.11 Å². The lowest BCUT2D eigenvalue weighted by Crippen LogP contribution is -2.00. The van der Waals surface area contributed by atoms with Crippen LogP contribution >= 0.6 is 0 Å². The van der Waals surface area contributed by atoms with Gasteiger partial charge < -0.3 is 4.74 Å². The van der Waals surface area contributed by atoms with Crippen molar-refractivity contribution in [3.05, 3.63) is 71.1 Å². The summed E-state index contributed by atoms with van der Waals surface area (Å²) in [6, 6.07) is 16.7. The third kappa shape index (κ3) is 2.50. The van der Waals surface area contributed by atoms with Gasteiger partial charge in [0.2, 0.25) is 0 Å². The van der Waals surface area contributed by atoms with Gasteiger partial charge in [-0.1, -0.05) is 55.0 Å². The van der Waals surface area contributed by atoms with Crippen LogP contribution in [0.3, 0.4) is 0 Å². The molecule has 0 aliphatic carbocycles. The highest BCUT2D eigenvalue weighted by molar-refractivity contribution is 5.51. The Morgan fingerprint density at radius 3 is 2.24 bits per heavy atom. The monoisotopic (exact) mass is 225 g/mol. The number of hydrogen-bond donors (Lipinski definition) is 0. The molecule has 0 fully saturated rings. The summed E-state index contributed by atoms with van der Waals surface area (Å²) >= 11 is 0. The Balaban J connectivity index is 2.36. The number of hydrogen-bond acceptors (Lipinski definition) is 1. The molecule has 1 heteroatoms. The predicted molar refractivity (Wildman–Crippen MR) is 71.3 cm³/mol. The summed E-state index contributed by atoms with van der Waals surface area (Å²) in [6.07, 6.45) is 0. The fourth-order valence-corrected chi connectivity index (χ4v) is 1.91. The van der Waals surface area contributed by atoms with E-state index in [2.05, 4.69) is 44.2 Å². The zero-order chi connectivity index (χ0) is 12.3. The van der Waals surface area contributed by atoms with E-state index in [1.165, 1.54) is 17.0 Å². The van der Waals surface area contributed by atoms with Crippen LogP contribution in [0.5, 0.6) is 5.75 Å². The van der Waals surface area contributed by atoms with Crippen molar-refractivity contribution >= 4 is 0 Å². The van der Waals surface area contributed by atoms with Crippen LogP contribution in [0.4, 0.5) is 0 Å². The van der Waals surface area contributed by atoms with Crippen molar-refractivity contribution in [3.8, 4) is 5.75 Å². The van der Waals surface area contributed by atoms with Crippen molar-refractivity contribution in [1.29, 1.82) is 0 Å². The minimum Gasteiger partial charge on any atom is -0.496 e. The topological polar surface area (TPSA) is 9.23 Å². The number of benzene rings is 2. The average molecular weight is 225 g/mol. The van der Waals surface area contributed by atoms with Crippen molar-refractivity contribution in [1.82, 2.24) is 0 Å². The van der Waals surface area contributed by atoms with E-state index < -0.39 is 0 Å². The van der Waals surface area contributed by atoms with Crippen LogP contribution in [0, 0.1) is 12.8 Å². The van der Waals surface area contributed by atoms with Gasteiger partial charge in [-0.25, -0.2) is 0 Å². The first-order chi connectivity index (χ1) is 8.22. The molecule has 0 aromatic heterocycles. The second-order valence-electron chi connectivity index (χ2n) is 4.19. The second kappa shape index (κ2) is 5.05. The zero-order valence-electron chi connectivity index (χ0n) is 10.5. The first-order valence-corrected chi connectivity index (χ1v) is 5.76. The first-order valence-electron chi connectivity index (χ1n) is 5.76. The molecule has 0 saturated heterocycles. The van der Waals surface area contributed by atoms with Gasteiger partial charge in [0.1, 0.15) is 5.75 Å². The standard InChI is InChI=1S/C16H17O/c1-12-8-10-14(11-9-12)13(2)15-6-4-5-7-16(15)17-3/h4-11H,1-3H3. The van der Waals surface area contributed by atoms with E-state index >= 15 is 0 Å². The van der Waals surface area contributed by atoms with Gasteiger partial charge in [-0.15, -0.1) is 0 Å². The molecule has 0 unspecified atom stereocenters. The second-order valence-corrected chi connectivity index (χ2v) is 4.19. The van der Waals surface area contributed by atoms with Crippen LogP contribution in [0.1, 0.15) is 23.6 Å². The Kier molecular flexibility index (Phi) is 3.48. The molecule has 0 spiro atoms. The summed E-state index contributed by atoms with van der Waals surface area (Å²) in [7, 11) is 1.71. The SMILES string of the molecule is COc1ccccc1[C](C)c1ccc(C)cc1. The number of aryl methyl sites for hydroxylation is 1. The molecule has 2 aromatic rings. The van der Waals surface area contributed by atoms with Crippen molar-refractivity contribution in [2.75, 3.05) is 7.11 Å². The largest absolute Gasteiger partial charge is 0.496 e. The molecule has 0 amide bonds. The molecule has 2 aromatic carbocycles. The summed E-state index contributed by atoms with van der Waals surface area (Å²) in [5.41, 5.74) is 3.67.